The highest BCUT2D eigenvalue weighted by molar-refractivity contribution is 6.35. The average molecular weight is 373 g/mol. The Balaban J connectivity index is 2.04. The maximum Gasteiger partial charge on any atom is 0.377 e. The van der Waals surface area contributed by atoms with E-state index in [1.807, 2.05) is 43.3 Å². The molecule has 3 rings (SSSR count). The number of hydrazone groups is 1. The summed E-state index contributed by atoms with van der Waals surface area (Å²) in [6.45, 7) is 4.09. The van der Waals surface area contributed by atoms with Crippen molar-refractivity contribution >= 4 is 29.1 Å². The second-order valence-corrected chi connectivity index (χ2v) is 6.40. The topological polar surface area (TPSA) is 57.2 Å². The first-order chi connectivity index (χ1) is 12.5. The second-order valence-electron chi connectivity index (χ2n) is 5.97. The normalized spacial score (nSPS) is 17.1. The minimum atomic E-state index is -0.483. The number of likely N-dealkylation sites (N-methyl/N-ethyl adjacent to an activating group) is 1. The number of ether oxygens (including phenoxy) is 1. The average Bonchev–Trinajstić information content (AvgIpc) is 2.63. The van der Waals surface area contributed by atoms with Gasteiger partial charge in [-0.15, -0.1) is 5.10 Å². The van der Waals surface area contributed by atoms with Crippen molar-refractivity contribution in [1.29, 1.82) is 0 Å². The van der Waals surface area contributed by atoms with Gasteiger partial charge in [0.1, 0.15) is 6.17 Å². The number of nitrogens with one attached hydrogen (secondary N) is 1. The van der Waals surface area contributed by atoms with Crippen molar-refractivity contribution in [2.24, 2.45) is 5.10 Å². The first kappa shape index (κ1) is 18.2. The van der Waals surface area contributed by atoms with Gasteiger partial charge in [0.2, 0.25) is 5.84 Å². The molecule has 2 aromatic carbocycles. The van der Waals surface area contributed by atoms with Gasteiger partial charge in [0.05, 0.1) is 12.3 Å². The van der Waals surface area contributed by atoms with Crippen molar-refractivity contribution < 1.29 is 9.53 Å². The lowest BCUT2D eigenvalue weighted by Crippen LogP contribution is -2.55. The Kier molecular flexibility index (Phi) is 5.44. The molecule has 0 aliphatic carbocycles. The number of hydrazine groups is 1. The molecule has 0 radical (unpaired) electrons. The number of aryl methyl sites for hydroxylation is 1. The van der Waals surface area contributed by atoms with Crippen molar-refractivity contribution in [2.75, 3.05) is 18.7 Å². The maximum atomic E-state index is 12.2. The van der Waals surface area contributed by atoms with E-state index < -0.39 is 5.97 Å². The van der Waals surface area contributed by atoms with Gasteiger partial charge in [0.15, 0.2) is 0 Å². The third kappa shape index (κ3) is 3.81. The fraction of sp³-hybridized carbons (Fsp3) is 0.263. The molecule has 136 valence electrons. The number of hydrogen-bond acceptors (Lipinski definition) is 6. The number of halogens is 1. The zero-order chi connectivity index (χ0) is 18.7. The molecule has 1 atom stereocenters. The largest absolute Gasteiger partial charge is 0.460 e. The molecular formula is C19H21ClN4O2. The van der Waals surface area contributed by atoms with Crippen LogP contribution in [0.5, 0.6) is 0 Å². The zero-order valence-electron chi connectivity index (χ0n) is 14.9. The number of carbonyl (C=O) groups excluding carboxylic acids is 1. The van der Waals surface area contributed by atoms with Crippen LogP contribution in [-0.2, 0) is 9.53 Å². The maximum absolute atomic E-state index is 12.2. The summed E-state index contributed by atoms with van der Waals surface area (Å²) in [6, 6.07) is 15.5. The Bertz CT molecular complexity index is 805. The zero-order valence-corrected chi connectivity index (χ0v) is 15.7. The number of hydrogen-bond donors (Lipinski definition) is 1. The highest BCUT2D eigenvalue weighted by Crippen LogP contribution is 2.30. The fourth-order valence-electron chi connectivity index (χ4n) is 2.66. The molecule has 1 aliphatic rings. The molecule has 0 spiro atoms. The second kappa shape index (κ2) is 7.76. The van der Waals surface area contributed by atoms with Crippen LogP contribution in [0.2, 0.25) is 5.02 Å². The summed E-state index contributed by atoms with van der Waals surface area (Å²) in [5.74, 6) is -0.297. The monoisotopic (exact) mass is 372 g/mol. The van der Waals surface area contributed by atoms with Gasteiger partial charge in [0, 0.05) is 12.1 Å². The third-order valence-electron chi connectivity index (χ3n) is 4.02. The smallest absolute Gasteiger partial charge is 0.377 e. The van der Waals surface area contributed by atoms with Crippen LogP contribution in [-0.4, -0.2) is 30.5 Å². The van der Waals surface area contributed by atoms with Crippen LogP contribution in [0.1, 0.15) is 24.2 Å². The summed E-state index contributed by atoms with van der Waals surface area (Å²) in [5, 5.41) is 8.54. The molecule has 0 bridgehead atoms. The standard InChI is InChI=1S/C19H21ClN4O2/c1-4-26-19(25)18-22-24(16-11-9-15(20)10-12-16)17(21-23(18)3)14-7-5-13(2)6-8-14/h5-12,17,21H,4H2,1-3H3/t17-/m0/s1. The fourth-order valence-corrected chi connectivity index (χ4v) is 2.79. The van der Waals surface area contributed by atoms with Gasteiger partial charge in [0.25, 0.3) is 0 Å². The quantitative estimate of drug-likeness (QED) is 0.833. The van der Waals surface area contributed by atoms with Crippen molar-refractivity contribution in [3.05, 3.63) is 64.7 Å². The van der Waals surface area contributed by atoms with E-state index in [0.29, 0.717) is 5.02 Å². The van der Waals surface area contributed by atoms with Crippen LogP contribution >= 0.6 is 11.6 Å². The number of esters is 1. The lowest BCUT2D eigenvalue weighted by atomic mass is 10.1. The molecule has 0 saturated heterocycles. The summed E-state index contributed by atoms with van der Waals surface area (Å²) in [6.07, 6.45) is -0.278. The van der Waals surface area contributed by atoms with Crippen molar-refractivity contribution in [3.63, 3.8) is 0 Å². The van der Waals surface area contributed by atoms with Crippen LogP contribution in [0.4, 0.5) is 5.69 Å². The van der Waals surface area contributed by atoms with Gasteiger partial charge in [-0.1, -0.05) is 41.4 Å². The Labute approximate surface area is 158 Å². The Hall–Kier alpha value is -2.57. The molecular weight excluding hydrogens is 352 g/mol. The van der Waals surface area contributed by atoms with Crippen molar-refractivity contribution in [3.8, 4) is 0 Å². The molecule has 0 amide bonds. The minimum absolute atomic E-state index is 0.185. The minimum Gasteiger partial charge on any atom is -0.460 e. The van der Waals surface area contributed by atoms with Crippen LogP contribution in [0.3, 0.4) is 0 Å². The van der Waals surface area contributed by atoms with E-state index in [1.54, 1.807) is 36.1 Å². The lowest BCUT2D eigenvalue weighted by Gasteiger charge is -2.39. The number of carbonyl (C=O) groups is 1. The van der Waals surface area contributed by atoms with Crippen LogP contribution in [0, 0.1) is 6.92 Å². The molecule has 0 saturated carbocycles. The van der Waals surface area contributed by atoms with E-state index in [2.05, 4.69) is 10.5 Å². The SMILES string of the molecule is CCOC(=O)C1=NN(c2ccc(Cl)cc2)[C@@H](c2ccc(C)cc2)NN1C. The van der Waals surface area contributed by atoms with Crippen molar-refractivity contribution in [2.45, 2.75) is 20.0 Å². The molecule has 26 heavy (non-hydrogen) atoms. The van der Waals surface area contributed by atoms with Crippen LogP contribution in [0.25, 0.3) is 0 Å². The predicted molar refractivity (Wildman–Crippen MR) is 103 cm³/mol. The number of benzene rings is 2. The Morgan fingerprint density at radius 3 is 2.46 bits per heavy atom. The molecule has 0 fully saturated rings. The highest BCUT2D eigenvalue weighted by atomic mass is 35.5. The molecule has 2 aromatic rings. The van der Waals surface area contributed by atoms with Crippen LogP contribution < -0.4 is 10.4 Å². The molecule has 0 unspecified atom stereocenters. The van der Waals surface area contributed by atoms with E-state index in [9.17, 15) is 4.79 Å². The number of amidine groups is 1. The van der Waals surface area contributed by atoms with E-state index in [0.717, 1.165) is 11.3 Å². The van der Waals surface area contributed by atoms with Crippen molar-refractivity contribution in [1.82, 2.24) is 10.4 Å². The summed E-state index contributed by atoms with van der Waals surface area (Å²) >= 11 is 6.01. The van der Waals surface area contributed by atoms with E-state index in [1.165, 1.54) is 5.56 Å². The first-order valence-corrected chi connectivity index (χ1v) is 8.74. The summed E-state index contributed by atoms with van der Waals surface area (Å²) in [7, 11) is 1.75. The Morgan fingerprint density at radius 1 is 1.19 bits per heavy atom. The summed E-state index contributed by atoms with van der Waals surface area (Å²) in [4.78, 5) is 12.2. The first-order valence-electron chi connectivity index (χ1n) is 8.36. The molecule has 7 heteroatoms. The van der Waals surface area contributed by atoms with Gasteiger partial charge in [-0.25, -0.2) is 15.2 Å². The third-order valence-corrected chi connectivity index (χ3v) is 4.27. The van der Waals surface area contributed by atoms with Gasteiger partial charge < -0.3 is 4.74 Å². The Morgan fingerprint density at radius 2 is 1.85 bits per heavy atom. The molecule has 1 heterocycles. The van der Waals surface area contributed by atoms with Crippen LogP contribution in [0.15, 0.2) is 53.6 Å². The predicted octanol–water partition coefficient (Wildman–Crippen LogP) is 3.48. The van der Waals surface area contributed by atoms with E-state index >= 15 is 0 Å². The van der Waals surface area contributed by atoms with E-state index in [4.69, 9.17) is 16.3 Å². The lowest BCUT2D eigenvalue weighted by molar-refractivity contribution is -0.136. The molecule has 1 aliphatic heterocycles. The molecule has 0 aromatic heterocycles. The van der Waals surface area contributed by atoms with E-state index in [-0.39, 0.29) is 18.6 Å². The number of nitrogens with zero attached hydrogens (tertiary/aromatic N) is 3. The van der Waals surface area contributed by atoms with Gasteiger partial charge >= 0.3 is 5.97 Å². The van der Waals surface area contributed by atoms with Gasteiger partial charge in [-0.3, -0.25) is 5.01 Å². The highest BCUT2D eigenvalue weighted by Gasteiger charge is 2.32. The molecule has 1 N–H and O–H groups in total. The summed E-state index contributed by atoms with van der Waals surface area (Å²) < 4.78 is 5.11. The number of rotatable bonds is 4. The summed E-state index contributed by atoms with van der Waals surface area (Å²) in [5.41, 5.74) is 6.30. The number of anilines is 1. The van der Waals surface area contributed by atoms with Gasteiger partial charge in [-0.05, 0) is 43.7 Å². The molecule has 6 nitrogen and oxygen atoms in total. The van der Waals surface area contributed by atoms with Gasteiger partial charge in [-0.2, -0.15) is 0 Å².